The van der Waals surface area contributed by atoms with Crippen LogP contribution in [0.5, 0.6) is 5.75 Å². The number of hydrogen-bond donors (Lipinski definition) is 1. The minimum Gasteiger partial charge on any atom is -0.487 e. The highest BCUT2D eigenvalue weighted by Crippen LogP contribution is 2.31. The molecule has 1 N–H and O–H groups in total. The second-order valence-electron chi connectivity index (χ2n) is 7.71. The third-order valence-electron chi connectivity index (χ3n) is 5.33. The van der Waals surface area contributed by atoms with Crippen molar-refractivity contribution < 1.29 is 19.1 Å². The van der Waals surface area contributed by atoms with Gasteiger partial charge in [-0.15, -0.1) is 0 Å². The van der Waals surface area contributed by atoms with Crippen LogP contribution in [0.3, 0.4) is 0 Å². The molecule has 0 unspecified atom stereocenters. The zero-order chi connectivity index (χ0) is 25.1. The van der Waals surface area contributed by atoms with E-state index < -0.39 is 17.8 Å². The number of nitrogens with zero attached hydrogens (tertiary/aromatic N) is 1. The van der Waals surface area contributed by atoms with Crippen LogP contribution in [0, 0.1) is 7.14 Å². The Kier molecular flexibility index (Phi) is 8.12. The fourth-order valence-corrected chi connectivity index (χ4v) is 5.73. The molecule has 178 valence electrons. The summed E-state index contributed by atoms with van der Waals surface area (Å²) >= 11 is 10.3. The number of imide groups is 2. The van der Waals surface area contributed by atoms with E-state index in [-0.39, 0.29) is 5.57 Å². The molecule has 0 aromatic heterocycles. The first-order valence-electron chi connectivity index (χ1n) is 10.6. The summed E-state index contributed by atoms with van der Waals surface area (Å²) in [6.07, 6.45) is 2.32. The molecule has 1 heterocycles. The van der Waals surface area contributed by atoms with Gasteiger partial charge >= 0.3 is 6.03 Å². The van der Waals surface area contributed by atoms with Gasteiger partial charge in [-0.25, -0.2) is 9.69 Å². The molecule has 4 rings (SSSR count). The van der Waals surface area contributed by atoms with Crippen molar-refractivity contribution >= 4 is 86.4 Å². The first kappa shape index (κ1) is 25.6. The first-order chi connectivity index (χ1) is 16.8. The number of carbonyl (C=O) groups excluding carboxylic acids is 3. The SMILES string of the molecule is CCc1ccc(N2C(=O)NC(=O)/C(=C/c3cc(I)c(OCc4ccc(Cl)cc4)c(I)c3)C2=O)cc1. The van der Waals surface area contributed by atoms with Gasteiger partial charge in [-0.1, -0.05) is 42.8 Å². The average Bonchev–Trinajstić information content (AvgIpc) is 2.82. The summed E-state index contributed by atoms with van der Waals surface area (Å²) in [6, 6.07) is 17.4. The number of barbiturate groups is 1. The fourth-order valence-electron chi connectivity index (χ4n) is 3.48. The van der Waals surface area contributed by atoms with Gasteiger partial charge in [0.15, 0.2) is 0 Å². The molecule has 0 bridgehead atoms. The number of carbonyl (C=O) groups is 3. The maximum atomic E-state index is 13.2. The van der Waals surface area contributed by atoms with Gasteiger partial charge in [0.1, 0.15) is 17.9 Å². The molecule has 0 spiro atoms. The van der Waals surface area contributed by atoms with Crippen LogP contribution >= 0.6 is 56.8 Å². The van der Waals surface area contributed by atoms with E-state index in [9.17, 15) is 14.4 Å². The van der Waals surface area contributed by atoms with E-state index in [0.717, 1.165) is 29.6 Å². The molecule has 4 amide bonds. The molecule has 9 heteroatoms. The molecule has 6 nitrogen and oxygen atoms in total. The summed E-state index contributed by atoms with van der Waals surface area (Å²) in [5.41, 5.74) is 2.98. The van der Waals surface area contributed by atoms with Gasteiger partial charge in [0.05, 0.1) is 12.8 Å². The van der Waals surface area contributed by atoms with Crippen LogP contribution in [-0.4, -0.2) is 17.8 Å². The second-order valence-corrected chi connectivity index (χ2v) is 10.5. The minimum atomic E-state index is -0.767. The molecule has 3 aromatic rings. The lowest BCUT2D eigenvalue weighted by atomic mass is 10.1. The van der Waals surface area contributed by atoms with E-state index in [0.29, 0.717) is 28.6 Å². The van der Waals surface area contributed by atoms with E-state index in [4.69, 9.17) is 16.3 Å². The number of aryl methyl sites for hydroxylation is 1. The highest BCUT2D eigenvalue weighted by molar-refractivity contribution is 14.1. The molecule has 3 aromatic carbocycles. The van der Waals surface area contributed by atoms with Gasteiger partial charge in [-0.05, 0) is 111 Å². The Bertz CT molecular complexity index is 1320. The number of anilines is 1. The standard InChI is InChI=1S/C26H19ClI2N2O4/c1-2-15-5-9-19(10-6-15)31-25(33)20(24(32)30-26(31)34)11-17-12-21(28)23(22(29)13-17)35-14-16-3-7-18(27)8-4-16/h3-13H,2,14H2,1H3,(H,30,32,34)/b20-11-. The predicted molar refractivity (Wildman–Crippen MR) is 152 cm³/mol. The van der Waals surface area contributed by atoms with E-state index >= 15 is 0 Å². The van der Waals surface area contributed by atoms with Crippen LogP contribution in [0.1, 0.15) is 23.6 Å². The molecule has 1 fully saturated rings. The third-order valence-corrected chi connectivity index (χ3v) is 7.19. The zero-order valence-electron chi connectivity index (χ0n) is 18.5. The van der Waals surface area contributed by atoms with Gasteiger partial charge in [0.25, 0.3) is 11.8 Å². The minimum absolute atomic E-state index is 0.120. The molecular weight excluding hydrogens is 694 g/mol. The van der Waals surface area contributed by atoms with Crippen molar-refractivity contribution in [2.45, 2.75) is 20.0 Å². The van der Waals surface area contributed by atoms with E-state index in [1.807, 2.05) is 55.5 Å². The Morgan fingerprint density at radius 3 is 2.14 bits per heavy atom. The number of hydrogen-bond acceptors (Lipinski definition) is 4. The number of ether oxygens (including phenoxy) is 1. The number of nitrogens with one attached hydrogen (secondary N) is 1. The van der Waals surface area contributed by atoms with Gasteiger partial charge in [-0.2, -0.15) is 0 Å². The number of urea groups is 1. The van der Waals surface area contributed by atoms with Gasteiger partial charge in [0, 0.05) is 5.02 Å². The molecule has 0 atom stereocenters. The molecule has 0 radical (unpaired) electrons. The van der Waals surface area contributed by atoms with Crippen molar-refractivity contribution in [3.8, 4) is 5.75 Å². The summed E-state index contributed by atoms with van der Waals surface area (Å²) in [4.78, 5) is 39.1. The van der Waals surface area contributed by atoms with Crippen LogP contribution in [0.15, 0.2) is 66.2 Å². The summed E-state index contributed by atoms with van der Waals surface area (Å²) in [5.74, 6) is -0.693. The van der Waals surface area contributed by atoms with Crippen LogP contribution in [-0.2, 0) is 22.6 Å². The van der Waals surface area contributed by atoms with Crippen LogP contribution in [0.25, 0.3) is 6.08 Å². The summed E-state index contributed by atoms with van der Waals surface area (Å²) in [6.45, 7) is 2.39. The quantitative estimate of drug-likeness (QED) is 0.184. The van der Waals surface area contributed by atoms with E-state index in [1.165, 1.54) is 6.08 Å². The average molecular weight is 713 g/mol. The lowest BCUT2D eigenvalue weighted by Gasteiger charge is -2.26. The van der Waals surface area contributed by atoms with Gasteiger partial charge in [-0.3, -0.25) is 14.9 Å². The normalized spacial score (nSPS) is 14.9. The highest BCUT2D eigenvalue weighted by Gasteiger charge is 2.36. The van der Waals surface area contributed by atoms with Crippen molar-refractivity contribution in [2.75, 3.05) is 4.90 Å². The molecule has 1 aliphatic heterocycles. The number of benzene rings is 3. The number of amides is 4. The maximum Gasteiger partial charge on any atom is 0.335 e. The second kappa shape index (κ2) is 11.1. The summed E-state index contributed by atoms with van der Waals surface area (Å²) < 4.78 is 7.65. The van der Waals surface area contributed by atoms with Gasteiger partial charge in [0.2, 0.25) is 0 Å². The topological polar surface area (TPSA) is 75.7 Å². The summed E-state index contributed by atoms with van der Waals surface area (Å²) in [5, 5.41) is 2.92. The third kappa shape index (κ3) is 5.87. The zero-order valence-corrected chi connectivity index (χ0v) is 23.6. The van der Waals surface area contributed by atoms with Crippen LogP contribution in [0.2, 0.25) is 5.02 Å². The Hall–Kier alpha value is -2.44. The molecule has 0 saturated carbocycles. The van der Waals surface area contributed by atoms with Crippen molar-refractivity contribution in [3.05, 3.63) is 95.1 Å². The number of halogens is 3. The maximum absolute atomic E-state index is 13.2. The smallest absolute Gasteiger partial charge is 0.335 e. The highest BCUT2D eigenvalue weighted by atomic mass is 127. The van der Waals surface area contributed by atoms with E-state index in [2.05, 4.69) is 50.5 Å². The molecular formula is C26H19ClI2N2O4. The van der Waals surface area contributed by atoms with E-state index in [1.54, 1.807) is 12.1 Å². The van der Waals surface area contributed by atoms with Crippen LogP contribution in [0.4, 0.5) is 10.5 Å². The lowest BCUT2D eigenvalue weighted by Crippen LogP contribution is -2.54. The Morgan fingerprint density at radius 2 is 1.54 bits per heavy atom. The van der Waals surface area contributed by atoms with Crippen LogP contribution < -0.4 is 15.0 Å². The monoisotopic (exact) mass is 712 g/mol. The first-order valence-corrected chi connectivity index (χ1v) is 13.2. The molecule has 1 saturated heterocycles. The Morgan fingerprint density at radius 1 is 0.943 bits per heavy atom. The van der Waals surface area contributed by atoms with Crippen molar-refractivity contribution in [3.63, 3.8) is 0 Å². The molecule has 0 aliphatic carbocycles. The fraction of sp³-hybridized carbons (Fsp3) is 0.115. The van der Waals surface area contributed by atoms with Gasteiger partial charge < -0.3 is 4.74 Å². The van der Waals surface area contributed by atoms with Crippen molar-refractivity contribution in [1.82, 2.24) is 5.32 Å². The van der Waals surface area contributed by atoms with Crippen molar-refractivity contribution in [1.29, 1.82) is 0 Å². The number of rotatable bonds is 6. The van der Waals surface area contributed by atoms with Crippen molar-refractivity contribution in [2.24, 2.45) is 0 Å². The predicted octanol–water partition coefficient (Wildman–Crippen LogP) is 6.36. The Labute approximate surface area is 235 Å². The molecule has 35 heavy (non-hydrogen) atoms. The Balaban J connectivity index is 1.59. The summed E-state index contributed by atoms with van der Waals surface area (Å²) in [7, 11) is 0. The molecule has 1 aliphatic rings. The largest absolute Gasteiger partial charge is 0.487 e. The lowest BCUT2D eigenvalue weighted by molar-refractivity contribution is -0.122.